The lowest BCUT2D eigenvalue weighted by Crippen LogP contribution is -2.22. The first kappa shape index (κ1) is 19.8. The Morgan fingerprint density at radius 1 is 1.07 bits per heavy atom. The van der Waals surface area contributed by atoms with Crippen molar-refractivity contribution in [2.45, 2.75) is 4.90 Å². The minimum absolute atomic E-state index is 0.172. The molecule has 0 spiro atoms. The van der Waals surface area contributed by atoms with Crippen LogP contribution in [0.4, 0.5) is 0 Å². The number of nitrogens with one attached hydrogen (secondary N) is 1. The van der Waals surface area contributed by atoms with Gasteiger partial charge in [-0.2, -0.15) is 0 Å². The molecule has 0 bridgehead atoms. The molecular formula is C20H16ClN3O3S2. The van der Waals surface area contributed by atoms with E-state index in [9.17, 15) is 13.2 Å². The Hall–Kier alpha value is -2.52. The van der Waals surface area contributed by atoms with E-state index in [0.29, 0.717) is 26.6 Å². The molecule has 0 aliphatic heterocycles. The largest absolute Gasteiger partial charge is 0.305 e. The van der Waals surface area contributed by atoms with Gasteiger partial charge in [0.1, 0.15) is 10.5 Å². The van der Waals surface area contributed by atoms with Crippen LogP contribution < -0.4 is 5.56 Å². The topological polar surface area (TPSA) is 83.1 Å². The van der Waals surface area contributed by atoms with Crippen molar-refractivity contribution >= 4 is 43.2 Å². The lowest BCUT2D eigenvalue weighted by molar-refractivity contribution is 0.521. The molecule has 0 aliphatic carbocycles. The molecule has 29 heavy (non-hydrogen) atoms. The first-order valence-corrected chi connectivity index (χ1v) is 11.2. The van der Waals surface area contributed by atoms with Gasteiger partial charge >= 0.3 is 0 Å². The summed E-state index contributed by atoms with van der Waals surface area (Å²) in [7, 11) is -0.569. The van der Waals surface area contributed by atoms with Crippen molar-refractivity contribution in [1.29, 1.82) is 0 Å². The fourth-order valence-corrected chi connectivity index (χ4v) is 5.09. The van der Waals surface area contributed by atoms with Crippen LogP contribution in [0.5, 0.6) is 0 Å². The fraction of sp³-hybridized carbons (Fsp3) is 0.100. The molecule has 1 N–H and O–H groups in total. The Morgan fingerprint density at radius 2 is 1.76 bits per heavy atom. The van der Waals surface area contributed by atoms with Gasteiger partial charge in [-0.15, -0.1) is 11.3 Å². The average Bonchev–Trinajstić information content (AvgIpc) is 3.13. The van der Waals surface area contributed by atoms with Gasteiger partial charge in [-0.3, -0.25) is 4.79 Å². The molecule has 148 valence electrons. The van der Waals surface area contributed by atoms with Crippen LogP contribution in [0.15, 0.2) is 64.3 Å². The quantitative estimate of drug-likeness (QED) is 0.509. The molecule has 4 aromatic rings. The van der Waals surface area contributed by atoms with Crippen LogP contribution in [0.3, 0.4) is 0 Å². The van der Waals surface area contributed by atoms with Crippen LogP contribution in [0, 0.1) is 0 Å². The number of sulfonamides is 1. The van der Waals surface area contributed by atoms with Gasteiger partial charge < -0.3 is 4.98 Å². The van der Waals surface area contributed by atoms with Crippen molar-refractivity contribution in [1.82, 2.24) is 14.3 Å². The standard InChI is InChI=1S/C20H16ClN3O3S2/c1-24(2)29(26,27)13-9-7-12(8-10-13)19-22-16-11-17(28-18(16)20(25)23-19)14-5-3-4-6-15(14)21/h3-11H,1-2H3,(H,22,23,25). The lowest BCUT2D eigenvalue weighted by atomic mass is 10.2. The number of thiophene rings is 1. The summed E-state index contributed by atoms with van der Waals surface area (Å²) >= 11 is 7.60. The number of benzene rings is 2. The van der Waals surface area contributed by atoms with Gasteiger partial charge in [-0.25, -0.2) is 17.7 Å². The molecule has 6 nitrogen and oxygen atoms in total. The van der Waals surface area contributed by atoms with E-state index in [1.54, 1.807) is 18.2 Å². The summed E-state index contributed by atoms with van der Waals surface area (Å²) < 4.78 is 26.1. The zero-order chi connectivity index (χ0) is 20.8. The molecule has 2 aromatic heterocycles. The van der Waals surface area contributed by atoms with E-state index in [4.69, 9.17) is 11.6 Å². The Labute approximate surface area is 176 Å². The summed E-state index contributed by atoms with van der Waals surface area (Å²) in [5.74, 6) is 0.375. The molecule has 0 saturated heterocycles. The first-order valence-electron chi connectivity index (χ1n) is 8.59. The molecule has 9 heteroatoms. The van der Waals surface area contributed by atoms with Crippen LogP contribution in [-0.4, -0.2) is 36.8 Å². The number of hydrogen-bond donors (Lipinski definition) is 1. The van der Waals surface area contributed by atoms with Crippen molar-refractivity contribution in [3.63, 3.8) is 0 Å². The average molecular weight is 446 g/mol. The van der Waals surface area contributed by atoms with E-state index in [2.05, 4.69) is 9.97 Å². The summed E-state index contributed by atoms with van der Waals surface area (Å²) in [5.41, 5.74) is 1.77. The van der Waals surface area contributed by atoms with Gasteiger partial charge in [0.15, 0.2) is 0 Å². The Bertz CT molecular complexity index is 1370. The number of halogens is 1. The predicted molar refractivity (Wildman–Crippen MR) is 117 cm³/mol. The third-order valence-corrected chi connectivity index (χ3v) is 7.74. The minimum Gasteiger partial charge on any atom is -0.305 e. The molecule has 0 saturated carbocycles. The highest BCUT2D eigenvalue weighted by Gasteiger charge is 2.18. The second-order valence-corrected chi connectivity index (χ2v) is 10.1. The summed E-state index contributed by atoms with van der Waals surface area (Å²) in [5, 5.41) is 0.605. The fourth-order valence-electron chi connectivity index (χ4n) is 2.87. The molecule has 0 unspecified atom stereocenters. The van der Waals surface area contributed by atoms with Crippen molar-refractivity contribution in [2.75, 3.05) is 14.1 Å². The van der Waals surface area contributed by atoms with Crippen molar-refractivity contribution in [3.05, 3.63) is 70.0 Å². The highest BCUT2D eigenvalue weighted by atomic mass is 35.5. The predicted octanol–water partition coefficient (Wildman–Crippen LogP) is 4.22. The third kappa shape index (κ3) is 3.60. The van der Waals surface area contributed by atoms with E-state index < -0.39 is 10.0 Å². The number of hydrogen-bond acceptors (Lipinski definition) is 5. The van der Waals surface area contributed by atoms with Gasteiger partial charge in [0.05, 0.1) is 10.4 Å². The molecule has 0 fully saturated rings. The SMILES string of the molecule is CN(C)S(=O)(=O)c1ccc(-c2nc3cc(-c4ccccc4Cl)sc3c(=O)[nH]2)cc1. The van der Waals surface area contributed by atoms with E-state index in [0.717, 1.165) is 14.7 Å². The number of rotatable bonds is 4. The summed E-state index contributed by atoms with van der Waals surface area (Å²) in [6.07, 6.45) is 0. The highest BCUT2D eigenvalue weighted by Crippen LogP contribution is 2.35. The van der Waals surface area contributed by atoms with E-state index in [-0.39, 0.29) is 10.5 Å². The molecule has 2 heterocycles. The number of H-pyrrole nitrogens is 1. The van der Waals surface area contributed by atoms with Gasteiger partial charge in [0, 0.05) is 35.1 Å². The second-order valence-electron chi connectivity index (χ2n) is 6.53. The van der Waals surface area contributed by atoms with E-state index in [1.165, 1.54) is 37.6 Å². The monoisotopic (exact) mass is 445 g/mol. The highest BCUT2D eigenvalue weighted by molar-refractivity contribution is 7.89. The van der Waals surface area contributed by atoms with Crippen molar-refractivity contribution in [2.24, 2.45) is 0 Å². The van der Waals surface area contributed by atoms with E-state index in [1.807, 2.05) is 24.3 Å². The molecule has 0 aliphatic rings. The molecular weight excluding hydrogens is 430 g/mol. The van der Waals surface area contributed by atoms with Gasteiger partial charge in [-0.1, -0.05) is 29.8 Å². The number of aromatic nitrogens is 2. The van der Waals surface area contributed by atoms with Crippen LogP contribution >= 0.6 is 22.9 Å². The van der Waals surface area contributed by atoms with Crippen molar-refractivity contribution in [3.8, 4) is 21.8 Å². The summed E-state index contributed by atoms with van der Waals surface area (Å²) in [6, 6.07) is 15.5. The van der Waals surface area contributed by atoms with E-state index >= 15 is 0 Å². The normalized spacial score (nSPS) is 12.0. The number of nitrogens with zero attached hydrogens (tertiary/aromatic N) is 2. The molecule has 4 rings (SSSR count). The van der Waals surface area contributed by atoms with Gasteiger partial charge in [-0.05, 0) is 36.4 Å². The second kappa shape index (κ2) is 7.38. The zero-order valence-electron chi connectivity index (χ0n) is 15.5. The van der Waals surface area contributed by atoms with Crippen LogP contribution in [0.1, 0.15) is 0 Å². The summed E-state index contributed by atoms with van der Waals surface area (Å²) in [4.78, 5) is 21.0. The maximum absolute atomic E-state index is 12.6. The summed E-state index contributed by atoms with van der Waals surface area (Å²) in [6.45, 7) is 0. The van der Waals surface area contributed by atoms with Crippen LogP contribution in [-0.2, 0) is 10.0 Å². The zero-order valence-corrected chi connectivity index (χ0v) is 17.9. The maximum atomic E-state index is 12.6. The first-order chi connectivity index (χ1) is 13.8. The van der Waals surface area contributed by atoms with Crippen LogP contribution in [0.2, 0.25) is 5.02 Å². The Balaban J connectivity index is 1.78. The Morgan fingerprint density at radius 3 is 2.41 bits per heavy atom. The van der Waals surface area contributed by atoms with Gasteiger partial charge in [0.2, 0.25) is 10.0 Å². The van der Waals surface area contributed by atoms with Crippen LogP contribution in [0.25, 0.3) is 32.0 Å². The smallest absolute Gasteiger partial charge is 0.269 e. The van der Waals surface area contributed by atoms with Gasteiger partial charge in [0.25, 0.3) is 5.56 Å². The number of fused-ring (bicyclic) bond motifs is 1. The molecule has 0 atom stereocenters. The molecule has 0 amide bonds. The third-order valence-electron chi connectivity index (χ3n) is 4.43. The Kier molecular flexibility index (Phi) is 5.04. The van der Waals surface area contributed by atoms with Crippen molar-refractivity contribution < 1.29 is 8.42 Å². The lowest BCUT2D eigenvalue weighted by Gasteiger charge is -2.11. The molecule has 2 aromatic carbocycles. The molecule has 0 radical (unpaired) electrons. The minimum atomic E-state index is -3.52. The number of aromatic amines is 1. The maximum Gasteiger partial charge on any atom is 0.269 e.